The number of hydrogen-bond acceptors (Lipinski definition) is 6. The molecule has 0 bridgehead atoms. The van der Waals surface area contributed by atoms with E-state index in [0.29, 0.717) is 34.4 Å². The zero-order chi connectivity index (χ0) is 23.5. The van der Waals surface area contributed by atoms with Crippen LogP contribution in [0.25, 0.3) is 0 Å². The van der Waals surface area contributed by atoms with Crippen LogP contribution in [-0.4, -0.2) is 29.7 Å². The second kappa shape index (κ2) is 10.5. The molecule has 0 N–H and O–H groups in total. The zero-order valence-corrected chi connectivity index (χ0v) is 22.2. The van der Waals surface area contributed by atoms with Gasteiger partial charge in [-0.05, 0) is 0 Å². The Morgan fingerprint density at radius 1 is 0.781 bits per heavy atom. The van der Waals surface area contributed by atoms with Crippen molar-refractivity contribution in [2.24, 2.45) is 0 Å². The van der Waals surface area contributed by atoms with Gasteiger partial charge in [-0.25, -0.2) is 0 Å². The van der Waals surface area contributed by atoms with Crippen LogP contribution in [0, 0.1) is 14.1 Å². The first-order chi connectivity index (χ1) is 15.2. The molecule has 0 radical (unpaired) electrons. The summed E-state index contributed by atoms with van der Waals surface area (Å²) >= 11 is 9.21. The van der Waals surface area contributed by atoms with E-state index < -0.39 is 30.4 Å². The van der Waals surface area contributed by atoms with E-state index in [4.69, 9.17) is 39.9 Å². The van der Waals surface area contributed by atoms with Gasteiger partial charge in [-0.1, -0.05) is 0 Å². The summed E-state index contributed by atoms with van der Waals surface area (Å²) in [4.78, 5) is 0.0463. The van der Waals surface area contributed by atoms with Gasteiger partial charge in [0.25, 0.3) is 0 Å². The van der Waals surface area contributed by atoms with Gasteiger partial charge in [0.2, 0.25) is 0 Å². The summed E-state index contributed by atoms with van der Waals surface area (Å²) in [6, 6.07) is 14.6. The average molecular weight is 611 g/mol. The van der Waals surface area contributed by atoms with Gasteiger partial charge in [0.05, 0.1) is 0 Å². The summed E-state index contributed by atoms with van der Waals surface area (Å²) < 4.78 is 49.9. The van der Waals surface area contributed by atoms with Gasteiger partial charge < -0.3 is 0 Å². The van der Waals surface area contributed by atoms with Crippen LogP contribution in [0.15, 0.2) is 59.5 Å². The molecule has 0 aliphatic carbocycles. The van der Waals surface area contributed by atoms with E-state index in [1.54, 1.807) is 42.5 Å². The topological polar surface area (TPSA) is 71.1 Å². The first kappa shape index (κ1) is 24.9. The van der Waals surface area contributed by atoms with Crippen molar-refractivity contribution >= 4 is 53.6 Å². The van der Waals surface area contributed by atoms with Crippen molar-refractivity contribution in [3.8, 4) is 17.2 Å². The van der Waals surface area contributed by atoms with Gasteiger partial charge in [-0.15, -0.1) is 0 Å². The van der Waals surface area contributed by atoms with Crippen molar-refractivity contribution in [1.82, 2.24) is 0 Å². The third kappa shape index (κ3) is 5.60. The SMILES string of the molecule is COc1cc(OC)c(I(OS(=O)(=O)c2ccc(C)cc2)c2cc(Cl)cc(Cl)c2)c(OC)c1. The molecule has 0 aromatic heterocycles. The molecule has 0 amide bonds. The average Bonchev–Trinajstić information content (AvgIpc) is 2.76. The molecule has 6 nitrogen and oxygen atoms in total. The van der Waals surface area contributed by atoms with Crippen LogP contribution in [0.3, 0.4) is 0 Å². The monoisotopic (exact) mass is 610 g/mol. The Morgan fingerprint density at radius 3 is 1.78 bits per heavy atom. The fourth-order valence-electron chi connectivity index (χ4n) is 2.75. The predicted octanol–water partition coefficient (Wildman–Crippen LogP) is 6.19. The Balaban J connectivity index is 2.24. The molecule has 10 heteroatoms. The van der Waals surface area contributed by atoms with E-state index in [1.165, 1.54) is 33.5 Å². The van der Waals surface area contributed by atoms with E-state index in [-0.39, 0.29) is 4.90 Å². The Hall–Kier alpha value is -1.72. The van der Waals surface area contributed by atoms with E-state index in [9.17, 15) is 8.42 Å². The van der Waals surface area contributed by atoms with Gasteiger partial charge in [0.1, 0.15) is 0 Å². The first-order valence-electron chi connectivity index (χ1n) is 9.16. The predicted molar refractivity (Wildman–Crippen MR) is 133 cm³/mol. The Labute approximate surface area is 205 Å². The Morgan fingerprint density at radius 2 is 1.31 bits per heavy atom. The molecule has 3 rings (SSSR count). The van der Waals surface area contributed by atoms with Gasteiger partial charge in [0.15, 0.2) is 0 Å². The van der Waals surface area contributed by atoms with Gasteiger partial charge in [-0.3, -0.25) is 0 Å². The number of ether oxygens (including phenoxy) is 3. The molecule has 0 saturated carbocycles. The van der Waals surface area contributed by atoms with Gasteiger partial charge in [0, 0.05) is 0 Å². The van der Waals surface area contributed by atoms with Gasteiger partial charge in [-0.2, -0.15) is 0 Å². The summed E-state index contributed by atoms with van der Waals surface area (Å²) in [6.45, 7) is 1.87. The maximum absolute atomic E-state index is 13.2. The number of halogens is 3. The van der Waals surface area contributed by atoms with E-state index >= 15 is 0 Å². The molecule has 0 spiro atoms. The van der Waals surface area contributed by atoms with E-state index in [1.807, 2.05) is 6.92 Å². The summed E-state index contributed by atoms with van der Waals surface area (Å²) in [5, 5.41) is 0.718. The number of rotatable bonds is 8. The Kier molecular flexibility index (Phi) is 8.16. The van der Waals surface area contributed by atoms with Gasteiger partial charge >= 0.3 is 206 Å². The van der Waals surface area contributed by atoms with Crippen LogP contribution in [0.1, 0.15) is 5.56 Å². The summed E-state index contributed by atoms with van der Waals surface area (Å²) in [5.74, 6) is 1.24. The Bertz CT molecular complexity index is 1170. The number of methoxy groups -OCH3 is 3. The minimum atomic E-state index is -4.12. The summed E-state index contributed by atoms with van der Waals surface area (Å²) in [6.07, 6.45) is 0. The molecule has 0 atom stereocenters. The third-order valence-corrected chi connectivity index (χ3v) is 12.2. The van der Waals surface area contributed by atoms with Crippen LogP contribution >= 0.6 is 43.4 Å². The number of benzene rings is 3. The van der Waals surface area contributed by atoms with Crippen molar-refractivity contribution in [2.45, 2.75) is 11.8 Å². The molecule has 0 fully saturated rings. The molecule has 32 heavy (non-hydrogen) atoms. The summed E-state index contributed by atoms with van der Waals surface area (Å²) in [5.41, 5.74) is 0.930. The molecular weight excluding hydrogens is 590 g/mol. The molecule has 3 aromatic rings. The van der Waals surface area contributed by atoms with Crippen molar-refractivity contribution in [1.29, 1.82) is 0 Å². The molecule has 0 heterocycles. The fraction of sp³-hybridized carbons (Fsp3) is 0.182. The van der Waals surface area contributed by atoms with Crippen LogP contribution in [0.2, 0.25) is 10.0 Å². The van der Waals surface area contributed by atoms with Crippen LogP contribution in [0.5, 0.6) is 17.2 Å². The molecule has 3 aromatic carbocycles. The van der Waals surface area contributed by atoms with Crippen molar-refractivity contribution in [3.05, 3.63) is 77.3 Å². The van der Waals surface area contributed by atoms with Crippen molar-refractivity contribution in [3.63, 3.8) is 0 Å². The second-order valence-electron chi connectivity index (χ2n) is 6.51. The first-order valence-corrected chi connectivity index (χ1v) is 14.4. The van der Waals surface area contributed by atoms with Crippen LogP contribution < -0.4 is 14.2 Å². The summed E-state index contributed by atoms with van der Waals surface area (Å²) in [7, 11) is 0.346. The van der Waals surface area contributed by atoms with Crippen molar-refractivity contribution < 1.29 is 25.1 Å². The maximum atomic E-state index is 13.2. The molecule has 0 unspecified atom stereocenters. The number of hydrogen-bond donors (Lipinski definition) is 0. The van der Waals surface area contributed by atoms with Crippen LogP contribution in [-0.2, 0) is 12.6 Å². The second-order valence-corrected chi connectivity index (χ2v) is 13.7. The van der Waals surface area contributed by atoms with E-state index in [0.717, 1.165) is 5.56 Å². The zero-order valence-electron chi connectivity index (χ0n) is 17.7. The molecule has 0 aliphatic rings. The molecule has 0 saturated heterocycles. The number of aryl methyl sites for hydroxylation is 1. The van der Waals surface area contributed by atoms with Crippen LogP contribution in [0.4, 0.5) is 0 Å². The molecule has 0 aliphatic heterocycles. The normalized spacial score (nSPS) is 11.8. The third-order valence-electron chi connectivity index (χ3n) is 4.31. The standard InChI is InChI=1S/C22H21Cl2IO6S/c1-14-5-7-19(8-6-14)32(26,27)31-25(17-10-15(23)9-16(24)11-17)22-20(29-3)12-18(28-2)13-21(22)30-4/h5-13H,1-4H3. The molecular formula is C22H21Cl2IO6S. The fourth-order valence-corrected chi connectivity index (χ4v) is 11.3. The van der Waals surface area contributed by atoms with E-state index in [2.05, 4.69) is 0 Å². The quantitative estimate of drug-likeness (QED) is 0.283. The minimum absolute atomic E-state index is 0.0463. The molecule has 172 valence electrons. The van der Waals surface area contributed by atoms with Crippen molar-refractivity contribution in [2.75, 3.05) is 21.3 Å².